The first kappa shape index (κ1) is 15.0. The van der Waals surface area contributed by atoms with Crippen LogP contribution < -0.4 is 10.5 Å². The minimum absolute atomic E-state index is 0.157. The second-order valence-electron chi connectivity index (χ2n) is 5.00. The molecule has 2 rings (SSSR count). The summed E-state index contributed by atoms with van der Waals surface area (Å²) in [6, 6.07) is 10.2. The van der Waals surface area contributed by atoms with E-state index >= 15 is 0 Å². The summed E-state index contributed by atoms with van der Waals surface area (Å²) >= 11 is 3.54. The van der Waals surface area contributed by atoms with Crippen molar-refractivity contribution in [2.45, 2.75) is 32.9 Å². The van der Waals surface area contributed by atoms with Crippen LogP contribution in [0.1, 0.15) is 23.7 Å². The quantitative estimate of drug-likeness (QED) is 0.908. The highest BCUT2D eigenvalue weighted by Crippen LogP contribution is 2.27. The summed E-state index contributed by atoms with van der Waals surface area (Å²) in [6.07, 6.45) is 2.64. The average Bonchev–Trinajstić information content (AvgIpc) is 2.39. The number of nitrogens with two attached hydrogens (primary N) is 1. The fourth-order valence-corrected chi connectivity index (χ4v) is 2.52. The molecule has 0 saturated heterocycles. The van der Waals surface area contributed by atoms with Crippen LogP contribution in [0.4, 0.5) is 0 Å². The Labute approximate surface area is 128 Å². The van der Waals surface area contributed by atoms with Crippen molar-refractivity contribution in [2.24, 2.45) is 5.73 Å². The number of nitrogens with zero attached hydrogens (tertiary/aromatic N) is 1. The van der Waals surface area contributed by atoms with Crippen molar-refractivity contribution in [1.82, 2.24) is 4.98 Å². The van der Waals surface area contributed by atoms with Gasteiger partial charge < -0.3 is 10.5 Å². The number of rotatable bonds is 5. The van der Waals surface area contributed by atoms with E-state index in [1.54, 1.807) is 6.20 Å². The van der Waals surface area contributed by atoms with Crippen molar-refractivity contribution in [1.29, 1.82) is 0 Å². The van der Waals surface area contributed by atoms with Gasteiger partial charge in [-0.05, 0) is 65.5 Å². The lowest BCUT2D eigenvalue weighted by Crippen LogP contribution is -2.17. The Morgan fingerprint density at radius 2 is 2.15 bits per heavy atom. The van der Waals surface area contributed by atoms with Crippen LogP contribution in [0.5, 0.6) is 5.75 Å². The van der Waals surface area contributed by atoms with Crippen LogP contribution in [-0.2, 0) is 13.0 Å². The van der Waals surface area contributed by atoms with E-state index in [1.807, 2.05) is 32.0 Å². The van der Waals surface area contributed by atoms with E-state index in [9.17, 15) is 0 Å². The van der Waals surface area contributed by atoms with E-state index < -0.39 is 0 Å². The topological polar surface area (TPSA) is 48.1 Å². The molecule has 1 atom stereocenters. The first-order valence-electron chi connectivity index (χ1n) is 6.63. The second-order valence-corrected chi connectivity index (χ2v) is 5.86. The fraction of sp³-hybridized carbons (Fsp3) is 0.312. The van der Waals surface area contributed by atoms with E-state index in [-0.39, 0.29) is 6.04 Å². The van der Waals surface area contributed by atoms with Crippen LogP contribution in [0.25, 0.3) is 0 Å². The molecule has 0 aliphatic rings. The molecule has 106 valence electrons. The van der Waals surface area contributed by atoms with E-state index in [4.69, 9.17) is 10.5 Å². The van der Waals surface area contributed by atoms with Gasteiger partial charge in [-0.2, -0.15) is 0 Å². The molecule has 0 radical (unpaired) electrons. The zero-order chi connectivity index (χ0) is 14.5. The van der Waals surface area contributed by atoms with Crippen LogP contribution in [0.3, 0.4) is 0 Å². The summed E-state index contributed by atoms with van der Waals surface area (Å²) in [6.45, 7) is 4.51. The van der Waals surface area contributed by atoms with Gasteiger partial charge in [0.25, 0.3) is 0 Å². The predicted molar refractivity (Wildman–Crippen MR) is 84.8 cm³/mol. The monoisotopic (exact) mass is 334 g/mol. The van der Waals surface area contributed by atoms with Gasteiger partial charge in [-0.1, -0.05) is 12.1 Å². The van der Waals surface area contributed by atoms with Crippen LogP contribution in [0.2, 0.25) is 0 Å². The zero-order valence-electron chi connectivity index (χ0n) is 11.8. The summed E-state index contributed by atoms with van der Waals surface area (Å²) in [5.74, 6) is 0.823. The molecule has 0 amide bonds. The van der Waals surface area contributed by atoms with Gasteiger partial charge >= 0.3 is 0 Å². The van der Waals surface area contributed by atoms with Gasteiger partial charge in [0.05, 0.1) is 10.2 Å². The molecule has 2 aromatic rings. The maximum atomic E-state index is 5.82. The van der Waals surface area contributed by atoms with Gasteiger partial charge in [-0.15, -0.1) is 0 Å². The van der Waals surface area contributed by atoms with Gasteiger partial charge in [-0.3, -0.25) is 4.98 Å². The van der Waals surface area contributed by atoms with Crippen molar-refractivity contribution in [3.05, 3.63) is 57.8 Å². The lowest BCUT2D eigenvalue weighted by Gasteiger charge is -2.11. The van der Waals surface area contributed by atoms with Crippen molar-refractivity contribution in [3.8, 4) is 5.75 Å². The summed E-state index contributed by atoms with van der Waals surface area (Å²) in [4.78, 5) is 4.32. The number of hydrogen-bond donors (Lipinski definition) is 1. The van der Waals surface area contributed by atoms with Gasteiger partial charge in [-0.25, -0.2) is 0 Å². The van der Waals surface area contributed by atoms with E-state index in [2.05, 4.69) is 33.0 Å². The summed E-state index contributed by atoms with van der Waals surface area (Å²) in [5, 5.41) is 0. The van der Waals surface area contributed by atoms with Crippen molar-refractivity contribution >= 4 is 15.9 Å². The highest BCUT2D eigenvalue weighted by molar-refractivity contribution is 9.10. The molecule has 1 unspecified atom stereocenters. The third kappa shape index (κ3) is 4.05. The maximum Gasteiger partial charge on any atom is 0.134 e. The largest absolute Gasteiger partial charge is 0.486 e. The molecular formula is C16H19BrN2O. The average molecular weight is 335 g/mol. The van der Waals surface area contributed by atoms with Gasteiger partial charge in [0.1, 0.15) is 12.4 Å². The number of hydrogen-bond acceptors (Lipinski definition) is 3. The van der Waals surface area contributed by atoms with Crippen molar-refractivity contribution in [3.63, 3.8) is 0 Å². The first-order valence-corrected chi connectivity index (χ1v) is 7.43. The Kier molecular flexibility index (Phi) is 5.15. The molecule has 20 heavy (non-hydrogen) atoms. The molecule has 0 fully saturated rings. The van der Waals surface area contributed by atoms with E-state index in [0.29, 0.717) is 6.61 Å². The normalized spacial score (nSPS) is 12.2. The van der Waals surface area contributed by atoms with Gasteiger partial charge in [0.2, 0.25) is 0 Å². The molecule has 2 N–H and O–H groups in total. The number of ether oxygens (including phenoxy) is 1. The predicted octanol–water partition coefficient (Wildman–Crippen LogP) is 3.62. The molecule has 0 aliphatic heterocycles. The van der Waals surface area contributed by atoms with Crippen LogP contribution in [-0.4, -0.2) is 11.0 Å². The van der Waals surface area contributed by atoms with Crippen LogP contribution >= 0.6 is 15.9 Å². The minimum atomic E-state index is 0.157. The molecule has 1 aromatic heterocycles. The van der Waals surface area contributed by atoms with Gasteiger partial charge in [0, 0.05) is 12.2 Å². The lowest BCUT2D eigenvalue weighted by molar-refractivity contribution is 0.298. The lowest BCUT2D eigenvalue weighted by atomic mass is 10.1. The SMILES string of the molecule is Cc1cccnc1COc1ccc(CC(C)N)cc1Br. The highest BCUT2D eigenvalue weighted by atomic mass is 79.9. The van der Waals surface area contributed by atoms with Crippen molar-refractivity contribution in [2.75, 3.05) is 0 Å². The van der Waals surface area contributed by atoms with Gasteiger partial charge in [0.15, 0.2) is 0 Å². The zero-order valence-corrected chi connectivity index (χ0v) is 13.4. The Morgan fingerprint density at radius 1 is 1.35 bits per heavy atom. The van der Waals surface area contributed by atoms with Crippen LogP contribution in [0, 0.1) is 6.92 Å². The highest BCUT2D eigenvalue weighted by Gasteiger charge is 2.06. The molecule has 0 spiro atoms. The molecule has 0 saturated carbocycles. The van der Waals surface area contributed by atoms with Crippen molar-refractivity contribution < 1.29 is 4.74 Å². The number of benzene rings is 1. The number of aryl methyl sites for hydroxylation is 1. The van der Waals surface area contributed by atoms with Crippen LogP contribution in [0.15, 0.2) is 41.0 Å². The van der Waals surface area contributed by atoms with E-state index in [1.165, 1.54) is 5.56 Å². The molecule has 0 aliphatic carbocycles. The fourth-order valence-electron chi connectivity index (χ4n) is 1.98. The molecular weight excluding hydrogens is 316 g/mol. The number of halogens is 1. The Bertz CT molecular complexity index is 584. The minimum Gasteiger partial charge on any atom is -0.486 e. The second kappa shape index (κ2) is 6.86. The Morgan fingerprint density at radius 3 is 2.80 bits per heavy atom. The number of aromatic nitrogens is 1. The summed E-state index contributed by atoms with van der Waals surface area (Å²) in [7, 11) is 0. The first-order chi connectivity index (χ1) is 9.56. The number of pyridine rings is 1. The maximum absolute atomic E-state index is 5.82. The third-order valence-corrected chi connectivity index (χ3v) is 3.66. The smallest absolute Gasteiger partial charge is 0.134 e. The van der Waals surface area contributed by atoms with E-state index in [0.717, 1.165) is 27.9 Å². The molecule has 0 bridgehead atoms. The molecule has 1 heterocycles. The Balaban J connectivity index is 2.05. The standard InChI is InChI=1S/C16H19BrN2O/c1-11-4-3-7-19-15(11)10-20-16-6-5-13(8-12(2)18)9-14(16)17/h3-7,9,12H,8,10,18H2,1-2H3. The Hall–Kier alpha value is -1.39. The third-order valence-electron chi connectivity index (χ3n) is 3.04. The molecule has 3 nitrogen and oxygen atoms in total. The molecule has 4 heteroatoms. The summed E-state index contributed by atoms with van der Waals surface area (Å²) in [5.41, 5.74) is 9.10. The molecule has 1 aromatic carbocycles. The summed E-state index contributed by atoms with van der Waals surface area (Å²) < 4.78 is 6.77.